The molecule has 0 heterocycles. The van der Waals surface area contributed by atoms with Crippen LogP contribution < -0.4 is 5.73 Å². The summed E-state index contributed by atoms with van der Waals surface area (Å²) < 4.78 is 0. The molecule has 0 spiro atoms. The molecule has 3 heteroatoms. The van der Waals surface area contributed by atoms with Gasteiger partial charge in [0.25, 0.3) is 0 Å². The van der Waals surface area contributed by atoms with Gasteiger partial charge in [-0.3, -0.25) is 0 Å². The van der Waals surface area contributed by atoms with Gasteiger partial charge in [0.2, 0.25) is 0 Å². The van der Waals surface area contributed by atoms with Crippen molar-refractivity contribution in [2.75, 3.05) is 0 Å². The van der Waals surface area contributed by atoms with Crippen LogP contribution >= 0.6 is 0 Å². The zero-order valence-corrected chi connectivity index (χ0v) is 7.91. The number of aryl methyl sites for hydroxylation is 1. The molecular formula is C11H11N3. The largest absolute Gasteiger partial charge is 0.398 e. The molecule has 0 atom stereocenters. The van der Waals surface area contributed by atoms with Crippen molar-refractivity contribution in [2.24, 2.45) is 5.73 Å². The van der Waals surface area contributed by atoms with E-state index < -0.39 is 0 Å². The molecule has 0 radical (unpaired) electrons. The minimum atomic E-state index is 0.497. The van der Waals surface area contributed by atoms with E-state index in [1.165, 1.54) is 6.08 Å². The Kier molecular flexibility index (Phi) is 3.03. The lowest BCUT2D eigenvalue weighted by molar-refractivity contribution is 1.37. The fourth-order valence-corrected chi connectivity index (χ4v) is 1.11. The van der Waals surface area contributed by atoms with Crippen LogP contribution in [0.1, 0.15) is 16.7 Å². The van der Waals surface area contributed by atoms with Crippen molar-refractivity contribution in [1.82, 2.24) is 0 Å². The minimum absolute atomic E-state index is 0.497. The van der Waals surface area contributed by atoms with E-state index in [4.69, 9.17) is 16.4 Å². The molecule has 3 nitrogen and oxygen atoms in total. The first kappa shape index (κ1) is 10.0. The Balaban J connectivity index is 3.20. The van der Waals surface area contributed by atoms with Crippen molar-refractivity contribution in [3.63, 3.8) is 0 Å². The smallest absolute Gasteiger partial charge is 0.0994 e. The molecule has 3 N–H and O–H groups in total. The first-order valence-corrected chi connectivity index (χ1v) is 4.16. The first-order valence-electron chi connectivity index (χ1n) is 4.16. The summed E-state index contributed by atoms with van der Waals surface area (Å²) in [7, 11) is 0. The van der Waals surface area contributed by atoms with E-state index in [2.05, 4.69) is 6.07 Å². The van der Waals surface area contributed by atoms with Crippen molar-refractivity contribution in [2.45, 2.75) is 6.92 Å². The van der Waals surface area contributed by atoms with Crippen LogP contribution in [0.5, 0.6) is 0 Å². The van der Waals surface area contributed by atoms with Crippen LogP contribution in [0.4, 0.5) is 0 Å². The third-order valence-corrected chi connectivity index (χ3v) is 1.95. The lowest BCUT2D eigenvalue weighted by Crippen LogP contribution is -1.97. The molecule has 0 bridgehead atoms. The molecule has 0 aliphatic heterocycles. The number of allylic oxidation sites excluding steroid dienone is 1. The zero-order valence-electron chi connectivity index (χ0n) is 7.91. The van der Waals surface area contributed by atoms with Gasteiger partial charge in [-0.2, -0.15) is 5.26 Å². The maximum absolute atomic E-state index is 8.80. The summed E-state index contributed by atoms with van der Waals surface area (Å²) >= 11 is 0. The van der Waals surface area contributed by atoms with E-state index in [1.54, 1.807) is 6.07 Å². The van der Waals surface area contributed by atoms with Crippen LogP contribution in [0.3, 0.4) is 0 Å². The average molecular weight is 185 g/mol. The van der Waals surface area contributed by atoms with Gasteiger partial charge < -0.3 is 11.1 Å². The number of rotatable bonds is 2. The molecule has 0 fully saturated rings. The maximum Gasteiger partial charge on any atom is 0.0994 e. The minimum Gasteiger partial charge on any atom is -0.398 e. The molecule has 0 aliphatic carbocycles. The molecule has 0 amide bonds. The van der Waals surface area contributed by atoms with E-state index in [0.29, 0.717) is 11.3 Å². The highest BCUT2D eigenvalue weighted by atomic mass is 14.6. The van der Waals surface area contributed by atoms with Gasteiger partial charge in [0.1, 0.15) is 0 Å². The lowest BCUT2D eigenvalue weighted by atomic mass is 10.0. The molecule has 0 aliphatic rings. The van der Waals surface area contributed by atoms with Crippen LogP contribution in [0.2, 0.25) is 0 Å². The van der Waals surface area contributed by atoms with Crippen molar-refractivity contribution >= 4 is 11.9 Å². The van der Waals surface area contributed by atoms with Crippen molar-refractivity contribution < 1.29 is 0 Å². The summed E-state index contributed by atoms with van der Waals surface area (Å²) in [6.45, 7) is 1.87. The molecule has 70 valence electrons. The molecular weight excluding hydrogens is 174 g/mol. The van der Waals surface area contributed by atoms with Gasteiger partial charge in [-0.1, -0.05) is 12.1 Å². The summed E-state index contributed by atoms with van der Waals surface area (Å²) in [4.78, 5) is 0. The van der Waals surface area contributed by atoms with Gasteiger partial charge >= 0.3 is 0 Å². The number of nitrogens with zero attached hydrogens (tertiary/aromatic N) is 1. The number of nitrogens with one attached hydrogen (secondary N) is 1. The summed E-state index contributed by atoms with van der Waals surface area (Å²) in [5.41, 5.74) is 8.49. The number of nitrogens with two attached hydrogens (primary N) is 1. The van der Waals surface area contributed by atoms with Gasteiger partial charge in [0.05, 0.1) is 11.6 Å². The Bertz CT molecular complexity index is 425. The van der Waals surface area contributed by atoms with Crippen molar-refractivity contribution in [1.29, 1.82) is 10.7 Å². The van der Waals surface area contributed by atoms with Crippen LogP contribution in [0, 0.1) is 23.7 Å². The van der Waals surface area contributed by atoms with Crippen LogP contribution in [-0.2, 0) is 0 Å². The first-order chi connectivity index (χ1) is 6.69. The Morgan fingerprint density at radius 3 is 2.86 bits per heavy atom. The van der Waals surface area contributed by atoms with E-state index in [1.807, 2.05) is 19.1 Å². The zero-order chi connectivity index (χ0) is 10.6. The van der Waals surface area contributed by atoms with Gasteiger partial charge in [0, 0.05) is 11.9 Å². The Morgan fingerprint density at radius 2 is 2.29 bits per heavy atom. The predicted octanol–water partition coefficient (Wildman–Crippen LogP) is 1.82. The maximum atomic E-state index is 8.80. The highest BCUT2D eigenvalue weighted by Crippen LogP contribution is 2.14. The molecule has 0 saturated carbocycles. The quantitative estimate of drug-likeness (QED) is 0.689. The van der Waals surface area contributed by atoms with Crippen LogP contribution in [0.25, 0.3) is 5.70 Å². The van der Waals surface area contributed by atoms with Crippen LogP contribution in [-0.4, -0.2) is 6.21 Å². The SMILES string of the molecule is Cc1ccc(/C(N)=C/C=N)cc1C#N. The lowest BCUT2D eigenvalue weighted by Gasteiger charge is -2.02. The monoisotopic (exact) mass is 185 g/mol. The highest BCUT2D eigenvalue weighted by Gasteiger charge is 2.00. The second-order valence-electron chi connectivity index (χ2n) is 2.93. The van der Waals surface area contributed by atoms with Gasteiger partial charge in [-0.25, -0.2) is 0 Å². The molecule has 1 rings (SSSR count). The van der Waals surface area contributed by atoms with Crippen molar-refractivity contribution in [3.8, 4) is 6.07 Å². The Morgan fingerprint density at radius 1 is 1.57 bits per heavy atom. The third kappa shape index (κ3) is 1.99. The van der Waals surface area contributed by atoms with E-state index >= 15 is 0 Å². The molecule has 1 aromatic carbocycles. The Hall–Kier alpha value is -2.08. The van der Waals surface area contributed by atoms with Crippen molar-refractivity contribution in [3.05, 3.63) is 41.0 Å². The second kappa shape index (κ2) is 4.24. The van der Waals surface area contributed by atoms with Gasteiger partial charge in [-0.15, -0.1) is 0 Å². The van der Waals surface area contributed by atoms with Gasteiger partial charge in [-0.05, 0) is 30.2 Å². The van der Waals surface area contributed by atoms with E-state index in [9.17, 15) is 0 Å². The fourth-order valence-electron chi connectivity index (χ4n) is 1.11. The van der Waals surface area contributed by atoms with E-state index in [0.717, 1.165) is 17.3 Å². The highest BCUT2D eigenvalue weighted by molar-refractivity contribution is 5.81. The summed E-state index contributed by atoms with van der Waals surface area (Å²) in [5, 5.41) is 15.7. The normalized spacial score (nSPS) is 10.7. The molecule has 14 heavy (non-hydrogen) atoms. The summed E-state index contributed by atoms with van der Waals surface area (Å²) in [5.74, 6) is 0. The summed E-state index contributed by atoms with van der Waals surface area (Å²) in [6.07, 6.45) is 2.62. The molecule has 0 saturated heterocycles. The standard InChI is InChI=1S/C11H11N3/c1-8-2-3-9(6-10(8)7-13)11(14)4-5-12/h2-6,12H,14H2,1H3/b11-4-,12-5?. The third-order valence-electron chi connectivity index (χ3n) is 1.95. The number of hydrogen-bond acceptors (Lipinski definition) is 3. The summed E-state index contributed by atoms with van der Waals surface area (Å²) in [6, 6.07) is 7.50. The Labute approximate surface area is 83.0 Å². The average Bonchev–Trinajstić information content (AvgIpc) is 2.19. The predicted molar refractivity (Wildman–Crippen MR) is 56.8 cm³/mol. The second-order valence-corrected chi connectivity index (χ2v) is 2.93. The number of hydrogen-bond donors (Lipinski definition) is 2. The number of nitriles is 1. The van der Waals surface area contributed by atoms with Crippen LogP contribution in [0.15, 0.2) is 24.3 Å². The van der Waals surface area contributed by atoms with E-state index in [-0.39, 0.29) is 0 Å². The molecule has 1 aromatic rings. The number of benzene rings is 1. The fraction of sp³-hybridized carbons (Fsp3) is 0.0909. The molecule has 0 aromatic heterocycles. The molecule has 0 unspecified atom stereocenters. The topological polar surface area (TPSA) is 73.7 Å². The van der Waals surface area contributed by atoms with Gasteiger partial charge in [0.15, 0.2) is 0 Å².